The maximum atomic E-state index is 12.3. The molecular formula is C11H17N3O3S. The molecule has 0 bridgehead atoms. The van der Waals surface area contributed by atoms with Gasteiger partial charge < -0.3 is 11.5 Å². The van der Waals surface area contributed by atoms with Crippen molar-refractivity contribution in [1.29, 1.82) is 0 Å². The molecule has 4 N–H and O–H groups in total. The summed E-state index contributed by atoms with van der Waals surface area (Å²) >= 11 is 0. The van der Waals surface area contributed by atoms with Crippen LogP contribution in [0.5, 0.6) is 0 Å². The summed E-state index contributed by atoms with van der Waals surface area (Å²) in [6.07, 6.45) is 0. The SMILES string of the molecule is CCN(CC(N)=O)S(=O)(=O)c1cc(C)cc(N)c1. The van der Waals surface area contributed by atoms with E-state index in [1.807, 2.05) is 0 Å². The molecule has 0 heterocycles. The third-order valence-corrected chi connectivity index (χ3v) is 4.29. The van der Waals surface area contributed by atoms with Gasteiger partial charge >= 0.3 is 0 Å². The van der Waals surface area contributed by atoms with E-state index in [2.05, 4.69) is 0 Å². The first kappa shape index (κ1) is 14.5. The van der Waals surface area contributed by atoms with E-state index in [9.17, 15) is 13.2 Å². The Bertz CT molecular complexity index is 534. The van der Waals surface area contributed by atoms with Gasteiger partial charge in [0.2, 0.25) is 15.9 Å². The topological polar surface area (TPSA) is 106 Å². The van der Waals surface area contributed by atoms with E-state index in [1.165, 1.54) is 12.1 Å². The van der Waals surface area contributed by atoms with Crippen molar-refractivity contribution in [2.24, 2.45) is 5.73 Å². The number of carbonyl (C=O) groups excluding carboxylic acids is 1. The molecule has 18 heavy (non-hydrogen) atoms. The maximum Gasteiger partial charge on any atom is 0.243 e. The summed E-state index contributed by atoms with van der Waals surface area (Å²) in [5.74, 6) is -0.693. The van der Waals surface area contributed by atoms with Crippen LogP contribution in [0.25, 0.3) is 0 Å². The molecule has 0 fully saturated rings. The second-order valence-electron chi connectivity index (χ2n) is 3.98. The molecule has 0 aliphatic carbocycles. The number of primary amides is 1. The Morgan fingerprint density at radius 3 is 2.39 bits per heavy atom. The minimum Gasteiger partial charge on any atom is -0.399 e. The number of hydrogen-bond acceptors (Lipinski definition) is 4. The van der Waals surface area contributed by atoms with Gasteiger partial charge in [-0.2, -0.15) is 4.31 Å². The van der Waals surface area contributed by atoms with Gasteiger partial charge in [0.05, 0.1) is 11.4 Å². The van der Waals surface area contributed by atoms with Gasteiger partial charge in [0.15, 0.2) is 0 Å². The number of anilines is 1. The van der Waals surface area contributed by atoms with Crippen LogP contribution in [-0.2, 0) is 14.8 Å². The van der Waals surface area contributed by atoms with Gasteiger partial charge in [0.25, 0.3) is 0 Å². The number of likely N-dealkylation sites (N-methyl/N-ethyl adjacent to an activating group) is 1. The number of nitrogens with two attached hydrogens (primary N) is 2. The lowest BCUT2D eigenvalue weighted by atomic mass is 10.2. The first-order chi connectivity index (χ1) is 8.27. The fourth-order valence-corrected chi connectivity index (χ4v) is 3.17. The summed E-state index contributed by atoms with van der Waals surface area (Å²) in [5.41, 5.74) is 11.8. The van der Waals surface area contributed by atoms with Crippen molar-refractivity contribution < 1.29 is 13.2 Å². The van der Waals surface area contributed by atoms with E-state index in [1.54, 1.807) is 19.9 Å². The molecule has 0 saturated heterocycles. The zero-order valence-electron chi connectivity index (χ0n) is 10.4. The lowest BCUT2D eigenvalue weighted by molar-refractivity contribution is -0.118. The van der Waals surface area contributed by atoms with E-state index < -0.39 is 15.9 Å². The second kappa shape index (κ2) is 5.36. The van der Waals surface area contributed by atoms with Crippen LogP contribution in [0.4, 0.5) is 5.69 Å². The molecule has 0 aliphatic rings. The summed E-state index contributed by atoms with van der Waals surface area (Å²) in [6, 6.07) is 4.55. The van der Waals surface area contributed by atoms with Crippen molar-refractivity contribution in [3.05, 3.63) is 23.8 Å². The highest BCUT2D eigenvalue weighted by atomic mass is 32.2. The number of nitrogens with zero attached hydrogens (tertiary/aromatic N) is 1. The standard InChI is InChI=1S/C11H17N3O3S/c1-3-14(7-11(13)15)18(16,17)10-5-8(2)4-9(12)6-10/h4-6H,3,7,12H2,1-2H3,(H2,13,15). The van der Waals surface area contributed by atoms with E-state index in [0.29, 0.717) is 5.69 Å². The molecule has 0 unspecified atom stereocenters. The molecule has 1 rings (SSSR count). The van der Waals surface area contributed by atoms with Crippen molar-refractivity contribution in [2.75, 3.05) is 18.8 Å². The zero-order chi connectivity index (χ0) is 13.9. The Morgan fingerprint density at radius 1 is 1.33 bits per heavy atom. The number of carbonyl (C=O) groups is 1. The number of nitrogen functional groups attached to an aromatic ring is 1. The largest absolute Gasteiger partial charge is 0.399 e. The summed E-state index contributed by atoms with van der Waals surface area (Å²) in [5, 5.41) is 0. The molecule has 7 heteroatoms. The van der Waals surface area contributed by atoms with Gasteiger partial charge in [0.1, 0.15) is 0 Å². The van der Waals surface area contributed by atoms with Crippen molar-refractivity contribution in [3.63, 3.8) is 0 Å². The van der Waals surface area contributed by atoms with Gasteiger partial charge in [-0.3, -0.25) is 4.79 Å². The second-order valence-corrected chi connectivity index (χ2v) is 5.91. The monoisotopic (exact) mass is 271 g/mol. The lowest BCUT2D eigenvalue weighted by Gasteiger charge is -2.19. The number of aryl methyl sites for hydroxylation is 1. The molecule has 0 atom stereocenters. The predicted molar refractivity (Wildman–Crippen MR) is 69.2 cm³/mol. The molecule has 1 aromatic carbocycles. The minimum atomic E-state index is -3.74. The minimum absolute atomic E-state index is 0.0723. The van der Waals surface area contributed by atoms with E-state index in [0.717, 1.165) is 9.87 Å². The average Bonchev–Trinajstić information content (AvgIpc) is 2.24. The van der Waals surface area contributed by atoms with Gasteiger partial charge in [-0.1, -0.05) is 6.92 Å². The molecule has 0 radical (unpaired) electrons. The van der Waals surface area contributed by atoms with Crippen molar-refractivity contribution >= 4 is 21.6 Å². The van der Waals surface area contributed by atoms with Crippen molar-refractivity contribution in [1.82, 2.24) is 4.31 Å². The van der Waals surface area contributed by atoms with E-state index in [4.69, 9.17) is 11.5 Å². The normalized spacial score (nSPS) is 11.7. The number of sulfonamides is 1. The Kier molecular flexibility index (Phi) is 4.31. The summed E-state index contributed by atoms with van der Waals surface area (Å²) < 4.78 is 25.5. The fraction of sp³-hybridized carbons (Fsp3) is 0.364. The predicted octanol–water partition coefficient (Wildman–Crippen LogP) is 0.0731. The molecular weight excluding hydrogens is 254 g/mol. The highest BCUT2D eigenvalue weighted by molar-refractivity contribution is 7.89. The maximum absolute atomic E-state index is 12.3. The summed E-state index contributed by atoms with van der Waals surface area (Å²) in [4.78, 5) is 10.9. The molecule has 1 aromatic rings. The van der Waals surface area contributed by atoms with Crippen molar-refractivity contribution in [3.8, 4) is 0 Å². The molecule has 1 amide bonds. The van der Waals surface area contributed by atoms with Gasteiger partial charge in [-0.25, -0.2) is 8.42 Å². The fourth-order valence-electron chi connectivity index (χ4n) is 1.62. The van der Waals surface area contributed by atoms with Crippen LogP contribution < -0.4 is 11.5 Å². The smallest absolute Gasteiger partial charge is 0.243 e. The first-order valence-electron chi connectivity index (χ1n) is 5.43. The van der Waals surface area contributed by atoms with Crippen LogP contribution in [0.3, 0.4) is 0 Å². The van der Waals surface area contributed by atoms with E-state index in [-0.39, 0.29) is 18.0 Å². The Morgan fingerprint density at radius 2 is 1.94 bits per heavy atom. The molecule has 100 valence electrons. The Labute approximate surface area is 107 Å². The number of amides is 1. The molecule has 0 spiro atoms. The summed E-state index contributed by atoms with van der Waals surface area (Å²) in [7, 11) is -3.74. The van der Waals surface area contributed by atoms with Crippen LogP contribution >= 0.6 is 0 Å². The molecule has 0 aromatic heterocycles. The Balaban J connectivity index is 3.22. The van der Waals surface area contributed by atoms with Gasteiger partial charge in [0, 0.05) is 12.2 Å². The van der Waals surface area contributed by atoms with E-state index >= 15 is 0 Å². The first-order valence-corrected chi connectivity index (χ1v) is 6.87. The number of rotatable bonds is 5. The van der Waals surface area contributed by atoms with Gasteiger partial charge in [-0.05, 0) is 30.7 Å². The molecule has 0 saturated carbocycles. The number of hydrogen-bond donors (Lipinski definition) is 2. The highest BCUT2D eigenvalue weighted by Gasteiger charge is 2.24. The van der Waals surface area contributed by atoms with Crippen LogP contribution in [0.2, 0.25) is 0 Å². The molecule has 0 aliphatic heterocycles. The third-order valence-electron chi connectivity index (χ3n) is 2.40. The quantitative estimate of drug-likeness (QED) is 0.739. The number of benzene rings is 1. The zero-order valence-corrected chi connectivity index (χ0v) is 11.2. The average molecular weight is 271 g/mol. The van der Waals surface area contributed by atoms with Crippen molar-refractivity contribution in [2.45, 2.75) is 18.7 Å². The van der Waals surface area contributed by atoms with Crippen LogP contribution in [-0.4, -0.2) is 31.7 Å². The van der Waals surface area contributed by atoms with Crippen LogP contribution in [0.15, 0.2) is 23.1 Å². The Hall–Kier alpha value is -1.60. The highest BCUT2D eigenvalue weighted by Crippen LogP contribution is 2.20. The van der Waals surface area contributed by atoms with Crippen LogP contribution in [0.1, 0.15) is 12.5 Å². The molecule has 6 nitrogen and oxygen atoms in total. The summed E-state index contributed by atoms with van der Waals surface area (Å²) in [6.45, 7) is 3.21. The van der Waals surface area contributed by atoms with Crippen LogP contribution in [0, 0.1) is 6.92 Å². The van der Waals surface area contributed by atoms with Gasteiger partial charge in [-0.15, -0.1) is 0 Å². The third kappa shape index (κ3) is 3.21. The lowest BCUT2D eigenvalue weighted by Crippen LogP contribution is -2.38.